The highest BCUT2D eigenvalue weighted by molar-refractivity contribution is 5.68. The normalized spacial score (nSPS) is 17.4. The Kier molecular flexibility index (Phi) is 4.60. The molecule has 1 fully saturated rings. The standard InChI is InChI=1S/C13H21N3O2/c1-11(5-6-14)15-7-9-16(10-8-15)12(17)18-13(2,3)4/h5H,7-10H2,1-4H3/b11-5+. The molecule has 5 nitrogen and oxygen atoms in total. The van der Waals surface area contributed by atoms with Gasteiger partial charge in [0.2, 0.25) is 0 Å². The average Bonchev–Trinajstić information content (AvgIpc) is 2.27. The molecule has 5 heteroatoms. The topological polar surface area (TPSA) is 56.6 Å². The molecule has 100 valence electrons. The Bertz CT molecular complexity index is 369. The fourth-order valence-corrected chi connectivity index (χ4v) is 1.75. The van der Waals surface area contributed by atoms with Crippen molar-refractivity contribution in [1.82, 2.24) is 9.80 Å². The van der Waals surface area contributed by atoms with Gasteiger partial charge in [-0.2, -0.15) is 5.26 Å². The monoisotopic (exact) mass is 251 g/mol. The lowest BCUT2D eigenvalue weighted by Gasteiger charge is -2.36. The highest BCUT2D eigenvalue weighted by atomic mass is 16.6. The molecule has 0 aliphatic carbocycles. The number of allylic oxidation sites excluding steroid dienone is 2. The van der Waals surface area contributed by atoms with Gasteiger partial charge in [-0.25, -0.2) is 4.79 Å². The van der Waals surface area contributed by atoms with Gasteiger partial charge < -0.3 is 14.5 Å². The molecule has 0 aromatic rings. The number of nitrogens with zero attached hydrogens (tertiary/aromatic N) is 3. The lowest BCUT2D eigenvalue weighted by atomic mass is 10.2. The largest absolute Gasteiger partial charge is 0.444 e. The molecule has 0 aromatic heterocycles. The van der Waals surface area contributed by atoms with Gasteiger partial charge in [-0.3, -0.25) is 0 Å². The van der Waals surface area contributed by atoms with Gasteiger partial charge in [0, 0.05) is 38.0 Å². The van der Waals surface area contributed by atoms with Gasteiger partial charge in [-0.05, 0) is 27.7 Å². The second-order valence-electron chi connectivity index (χ2n) is 5.37. The Balaban J connectivity index is 2.47. The van der Waals surface area contributed by atoms with E-state index in [0.29, 0.717) is 13.1 Å². The summed E-state index contributed by atoms with van der Waals surface area (Å²) in [5.74, 6) is 0. The number of hydrogen-bond donors (Lipinski definition) is 0. The molecule has 18 heavy (non-hydrogen) atoms. The van der Waals surface area contributed by atoms with E-state index in [1.807, 2.05) is 33.8 Å². The molecule has 0 unspecified atom stereocenters. The molecule has 0 atom stereocenters. The van der Waals surface area contributed by atoms with Crippen molar-refractivity contribution in [2.45, 2.75) is 33.3 Å². The van der Waals surface area contributed by atoms with Crippen LogP contribution in [0.15, 0.2) is 11.8 Å². The van der Waals surface area contributed by atoms with Crippen molar-refractivity contribution >= 4 is 6.09 Å². The van der Waals surface area contributed by atoms with Crippen LogP contribution >= 0.6 is 0 Å². The van der Waals surface area contributed by atoms with E-state index >= 15 is 0 Å². The Morgan fingerprint density at radius 1 is 1.22 bits per heavy atom. The van der Waals surface area contributed by atoms with Gasteiger partial charge in [-0.15, -0.1) is 0 Å². The van der Waals surface area contributed by atoms with Crippen LogP contribution in [0.2, 0.25) is 0 Å². The van der Waals surface area contributed by atoms with Crippen molar-refractivity contribution in [3.63, 3.8) is 0 Å². The predicted octanol–water partition coefficient (Wildman–Crippen LogP) is 1.97. The molecular weight excluding hydrogens is 230 g/mol. The molecule has 0 N–H and O–H groups in total. The fraction of sp³-hybridized carbons (Fsp3) is 0.692. The Morgan fingerprint density at radius 2 is 1.72 bits per heavy atom. The highest BCUT2D eigenvalue weighted by Gasteiger charge is 2.25. The molecule has 0 aromatic carbocycles. The van der Waals surface area contributed by atoms with Crippen molar-refractivity contribution in [2.24, 2.45) is 0 Å². The quantitative estimate of drug-likeness (QED) is 0.668. The van der Waals surface area contributed by atoms with E-state index in [2.05, 4.69) is 4.90 Å². The van der Waals surface area contributed by atoms with E-state index in [1.165, 1.54) is 6.08 Å². The minimum atomic E-state index is -0.454. The molecule has 0 spiro atoms. The Labute approximate surface area is 109 Å². The van der Waals surface area contributed by atoms with Crippen molar-refractivity contribution in [3.8, 4) is 6.07 Å². The van der Waals surface area contributed by atoms with Crippen molar-refractivity contribution in [1.29, 1.82) is 5.26 Å². The van der Waals surface area contributed by atoms with Crippen LogP contribution in [0.1, 0.15) is 27.7 Å². The first-order valence-electron chi connectivity index (χ1n) is 6.13. The number of amides is 1. The van der Waals surface area contributed by atoms with E-state index < -0.39 is 5.60 Å². The third-order valence-corrected chi connectivity index (χ3v) is 2.70. The lowest BCUT2D eigenvalue weighted by molar-refractivity contribution is 0.0169. The van der Waals surface area contributed by atoms with E-state index in [4.69, 9.17) is 10.00 Å². The van der Waals surface area contributed by atoms with E-state index in [0.717, 1.165) is 18.8 Å². The molecule has 1 aliphatic rings. The number of nitriles is 1. The molecule has 1 saturated heterocycles. The van der Waals surface area contributed by atoms with E-state index in [-0.39, 0.29) is 6.09 Å². The summed E-state index contributed by atoms with van der Waals surface area (Å²) in [5, 5.41) is 8.60. The van der Waals surface area contributed by atoms with Crippen LogP contribution < -0.4 is 0 Å². The molecule has 1 amide bonds. The summed E-state index contributed by atoms with van der Waals surface area (Å²) >= 11 is 0. The summed E-state index contributed by atoms with van der Waals surface area (Å²) in [6, 6.07) is 2.02. The van der Waals surface area contributed by atoms with Crippen LogP contribution in [-0.2, 0) is 4.74 Å². The van der Waals surface area contributed by atoms with Crippen LogP contribution in [0.3, 0.4) is 0 Å². The summed E-state index contributed by atoms with van der Waals surface area (Å²) in [6.07, 6.45) is 1.27. The zero-order valence-corrected chi connectivity index (χ0v) is 11.6. The first kappa shape index (κ1) is 14.4. The second-order valence-corrected chi connectivity index (χ2v) is 5.37. The maximum absolute atomic E-state index is 11.8. The molecule has 1 heterocycles. The summed E-state index contributed by atoms with van der Waals surface area (Å²) in [6.45, 7) is 10.2. The molecule has 1 aliphatic heterocycles. The maximum atomic E-state index is 11.8. The number of carbonyl (C=O) groups excluding carboxylic acids is 1. The van der Waals surface area contributed by atoms with Crippen LogP contribution in [0.25, 0.3) is 0 Å². The van der Waals surface area contributed by atoms with Crippen LogP contribution in [-0.4, -0.2) is 47.7 Å². The molecule has 1 rings (SSSR count). The third-order valence-electron chi connectivity index (χ3n) is 2.70. The summed E-state index contributed by atoms with van der Waals surface area (Å²) in [7, 11) is 0. The Hall–Kier alpha value is -1.70. The first-order valence-corrected chi connectivity index (χ1v) is 6.13. The molecular formula is C13H21N3O2. The number of rotatable bonds is 1. The zero-order valence-electron chi connectivity index (χ0n) is 11.6. The second kappa shape index (κ2) is 5.76. The number of piperazine rings is 1. The average molecular weight is 251 g/mol. The van der Waals surface area contributed by atoms with Gasteiger partial charge >= 0.3 is 6.09 Å². The van der Waals surface area contributed by atoms with Gasteiger partial charge in [0.1, 0.15) is 5.60 Å². The minimum absolute atomic E-state index is 0.260. The van der Waals surface area contributed by atoms with Gasteiger partial charge in [-0.1, -0.05) is 0 Å². The Morgan fingerprint density at radius 3 is 2.17 bits per heavy atom. The van der Waals surface area contributed by atoms with Crippen LogP contribution in [0.5, 0.6) is 0 Å². The van der Waals surface area contributed by atoms with Crippen molar-refractivity contribution < 1.29 is 9.53 Å². The molecule has 0 saturated carbocycles. The number of ether oxygens (including phenoxy) is 1. The zero-order chi connectivity index (χ0) is 13.8. The van der Waals surface area contributed by atoms with E-state index in [9.17, 15) is 4.79 Å². The summed E-state index contributed by atoms with van der Waals surface area (Å²) in [5.41, 5.74) is 0.492. The molecule has 0 bridgehead atoms. The predicted molar refractivity (Wildman–Crippen MR) is 68.8 cm³/mol. The maximum Gasteiger partial charge on any atom is 0.410 e. The smallest absolute Gasteiger partial charge is 0.410 e. The lowest BCUT2D eigenvalue weighted by Crippen LogP contribution is -2.49. The van der Waals surface area contributed by atoms with Crippen LogP contribution in [0.4, 0.5) is 4.79 Å². The van der Waals surface area contributed by atoms with Gasteiger partial charge in [0.15, 0.2) is 0 Å². The fourth-order valence-electron chi connectivity index (χ4n) is 1.75. The SMILES string of the molecule is C/C(=C\C#N)N1CCN(C(=O)OC(C)(C)C)CC1. The minimum Gasteiger partial charge on any atom is -0.444 e. The van der Waals surface area contributed by atoms with E-state index in [1.54, 1.807) is 4.90 Å². The summed E-state index contributed by atoms with van der Waals surface area (Å²) < 4.78 is 5.32. The van der Waals surface area contributed by atoms with Crippen molar-refractivity contribution in [3.05, 3.63) is 11.8 Å². The third kappa shape index (κ3) is 4.28. The highest BCUT2D eigenvalue weighted by Crippen LogP contribution is 2.13. The van der Waals surface area contributed by atoms with Crippen molar-refractivity contribution in [2.75, 3.05) is 26.2 Å². The van der Waals surface area contributed by atoms with Gasteiger partial charge in [0.05, 0.1) is 6.07 Å². The van der Waals surface area contributed by atoms with Gasteiger partial charge in [0.25, 0.3) is 0 Å². The first-order chi connectivity index (χ1) is 8.33. The molecule has 0 radical (unpaired) electrons. The summed E-state index contributed by atoms with van der Waals surface area (Å²) in [4.78, 5) is 15.6. The van der Waals surface area contributed by atoms with Crippen LogP contribution in [0, 0.1) is 11.3 Å². The number of carbonyl (C=O) groups is 1. The number of hydrogen-bond acceptors (Lipinski definition) is 4.